The molecule has 1 aromatic carbocycles. The molecule has 0 spiro atoms. The van der Waals surface area contributed by atoms with Crippen LogP contribution in [0.2, 0.25) is 0 Å². The van der Waals surface area contributed by atoms with Gasteiger partial charge in [0, 0.05) is 13.6 Å². The van der Waals surface area contributed by atoms with Gasteiger partial charge in [-0.1, -0.05) is 18.2 Å². The first-order valence-electron chi connectivity index (χ1n) is 6.14. The van der Waals surface area contributed by atoms with Gasteiger partial charge in [-0.25, -0.2) is 12.7 Å². The van der Waals surface area contributed by atoms with Crippen molar-refractivity contribution in [3.8, 4) is 0 Å². The molecule has 0 bridgehead atoms. The van der Waals surface area contributed by atoms with E-state index in [0.29, 0.717) is 0 Å². The zero-order valence-corrected chi connectivity index (χ0v) is 12.8. The summed E-state index contributed by atoms with van der Waals surface area (Å²) in [5.74, 6) is -0.769. The number of hydrogen-bond donors (Lipinski definition) is 1. The second-order valence-corrected chi connectivity index (χ2v) is 7.56. The van der Waals surface area contributed by atoms with Crippen LogP contribution in [0.1, 0.15) is 25.0 Å². The van der Waals surface area contributed by atoms with Gasteiger partial charge in [0.1, 0.15) is 0 Å². The number of nitrogens with zero attached hydrogens (tertiary/aromatic N) is 1. The van der Waals surface area contributed by atoms with E-state index in [-0.39, 0.29) is 12.1 Å². The molecule has 0 heterocycles. The molecule has 1 N–H and O–H groups in total. The van der Waals surface area contributed by atoms with Gasteiger partial charge in [-0.2, -0.15) is 13.2 Å². The molecule has 0 amide bonds. The van der Waals surface area contributed by atoms with Gasteiger partial charge in [-0.05, 0) is 25.5 Å². The van der Waals surface area contributed by atoms with Gasteiger partial charge in [0.25, 0.3) is 0 Å². The molecule has 0 aliphatic carbocycles. The van der Waals surface area contributed by atoms with Crippen LogP contribution in [0, 0.1) is 0 Å². The molecule has 0 saturated carbocycles. The van der Waals surface area contributed by atoms with E-state index in [9.17, 15) is 26.7 Å². The Labute approximate surface area is 122 Å². The number of hydrogen-bond acceptors (Lipinski definition) is 3. The van der Waals surface area contributed by atoms with Crippen molar-refractivity contribution in [3.63, 3.8) is 0 Å². The average molecular weight is 325 g/mol. The third-order valence-electron chi connectivity index (χ3n) is 2.75. The average Bonchev–Trinajstić information content (AvgIpc) is 2.25. The molecule has 0 fully saturated rings. The standard InChI is InChI=1S/C13H18F3NO3S/c1-12(2,18)9-17(3)21(19,20)8-10-6-4-5-7-11(10)13(14,15)16/h4-7,18H,8-9H2,1-3H3. The summed E-state index contributed by atoms with van der Waals surface area (Å²) in [6, 6.07) is 4.55. The molecular formula is C13H18F3NO3S. The molecule has 0 unspecified atom stereocenters. The van der Waals surface area contributed by atoms with Crippen molar-refractivity contribution in [2.24, 2.45) is 0 Å². The van der Waals surface area contributed by atoms with Crippen molar-refractivity contribution in [3.05, 3.63) is 35.4 Å². The van der Waals surface area contributed by atoms with E-state index >= 15 is 0 Å². The van der Waals surface area contributed by atoms with Gasteiger partial charge in [-0.15, -0.1) is 0 Å². The molecule has 0 aromatic heterocycles. The van der Waals surface area contributed by atoms with E-state index in [4.69, 9.17) is 0 Å². The van der Waals surface area contributed by atoms with Crippen LogP contribution < -0.4 is 0 Å². The highest BCUT2D eigenvalue weighted by Gasteiger charge is 2.35. The lowest BCUT2D eigenvalue weighted by Crippen LogP contribution is -2.40. The van der Waals surface area contributed by atoms with Crippen LogP contribution in [0.3, 0.4) is 0 Å². The number of alkyl halides is 3. The fourth-order valence-electron chi connectivity index (χ4n) is 1.87. The van der Waals surface area contributed by atoms with E-state index in [1.165, 1.54) is 33.0 Å². The summed E-state index contributed by atoms with van der Waals surface area (Å²) in [6.45, 7) is 2.63. The second kappa shape index (κ2) is 5.94. The van der Waals surface area contributed by atoms with Crippen molar-refractivity contribution in [1.82, 2.24) is 4.31 Å². The zero-order valence-electron chi connectivity index (χ0n) is 12.0. The summed E-state index contributed by atoms with van der Waals surface area (Å²) in [5.41, 5.74) is -2.55. The van der Waals surface area contributed by atoms with Crippen LogP contribution in [0.4, 0.5) is 13.2 Å². The van der Waals surface area contributed by atoms with Crippen molar-refractivity contribution in [2.75, 3.05) is 13.6 Å². The monoisotopic (exact) mass is 325 g/mol. The SMILES string of the molecule is CN(CC(C)(C)O)S(=O)(=O)Cc1ccccc1C(F)(F)F. The first kappa shape index (κ1) is 17.9. The topological polar surface area (TPSA) is 57.6 Å². The van der Waals surface area contributed by atoms with Crippen LogP contribution in [-0.4, -0.2) is 37.0 Å². The predicted octanol–water partition coefficient (Wildman–Crippen LogP) is 2.24. The highest BCUT2D eigenvalue weighted by atomic mass is 32.2. The normalized spacial score (nSPS) is 13.7. The maximum Gasteiger partial charge on any atom is 0.416 e. The molecule has 8 heteroatoms. The number of rotatable bonds is 5. The van der Waals surface area contributed by atoms with Gasteiger partial charge in [0.15, 0.2) is 0 Å². The van der Waals surface area contributed by atoms with E-state index in [1.54, 1.807) is 0 Å². The Bertz CT molecular complexity index is 591. The number of halogens is 3. The van der Waals surface area contributed by atoms with Crippen LogP contribution in [0.15, 0.2) is 24.3 Å². The minimum Gasteiger partial charge on any atom is -0.389 e. The molecule has 4 nitrogen and oxygen atoms in total. The maximum atomic E-state index is 12.8. The Balaban J connectivity index is 3.06. The largest absolute Gasteiger partial charge is 0.416 e. The quantitative estimate of drug-likeness (QED) is 0.903. The van der Waals surface area contributed by atoms with Gasteiger partial charge >= 0.3 is 6.18 Å². The van der Waals surface area contributed by atoms with Gasteiger partial charge in [0.2, 0.25) is 10.0 Å². The summed E-state index contributed by atoms with van der Waals surface area (Å²) in [7, 11) is -2.73. The minimum absolute atomic E-state index is 0.205. The molecule has 0 saturated heterocycles. The van der Waals surface area contributed by atoms with Crippen molar-refractivity contribution >= 4 is 10.0 Å². The third-order valence-corrected chi connectivity index (χ3v) is 4.50. The van der Waals surface area contributed by atoms with Crippen LogP contribution in [0.25, 0.3) is 0 Å². The summed E-state index contributed by atoms with van der Waals surface area (Å²) in [4.78, 5) is 0. The Morgan fingerprint density at radius 1 is 1.19 bits per heavy atom. The fraction of sp³-hybridized carbons (Fsp3) is 0.538. The lowest BCUT2D eigenvalue weighted by molar-refractivity contribution is -0.138. The number of likely N-dealkylation sites (N-methyl/N-ethyl adjacent to an activating group) is 1. The Kier molecular flexibility index (Phi) is 5.07. The summed E-state index contributed by atoms with van der Waals surface area (Å²) >= 11 is 0. The molecule has 21 heavy (non-hydrogen) atoms. The van der Waals surface area contributed by atoms with Crippen LogP contribution >= 0.6 is 0 Å². The van der Waals surface area contributed by atoms with Gasteiger partial charge < -0.3 is 5.11 Å². The van der Waals surface area contributed by atoms with Gasteiger partial charge in [0.05, 0.1) is 16.9 Å². The third kappa shape index (κ3) is 5.29. The predicted molar refractivity (Wildman–Crippen MR) is 73.0 cm³/mol. The maximum absolute atomic E-state index is 12.8. The zero-order chi connectivity index (χ0) is 16.5. The molecule has 120 valence electrons. The minimum atomic E-state index is -4.61. The fourth-order valence-corrected chi connectivity index (χ4v) is 3.25. The summed E-state index contributed by atoms with van der Waals surface area (Å²) < 4.78 is 63.6. The molecule has 1 rings (SSSR count). The van der Waals surface area contributed by atoms with E-state index in [2.05, 4.69) is 0 Å². The number of aliphatic hydroxyl groups is 1. The first-order chi connectivity index (χ1) is 9.33. The summed E-state index contributed by atoms with van der Waals surface area (Å²) in [6.07, 6.45) is -4.61. The lowest BCUT2D eigenvalue weighted by Gasteiger charge is -2.25. The second-order valence-electron chi connectivity index (χ2n) is 5.48. The molecule has 0 atom stereocenters. The first-order valence-corrected chi connectivity index (χ1v) is 7.75. The summed E-state index contributed by atoms with van der Waals surface area (Å²) in [5, 5.41) is 9.62. The Morgan fingerprint density at radius 3 is 2.19 bits per heavy atom. The van der Waals surface area contributed by atoms with E-state index in [0.717, 1.165) is 16.4 Å². The van der Waals surface area contributed by atoms with Crippen molar-refractivity contribution < 1.29 is 26.7 Å². The molecule has 0 radical (unpaired) electrons. The Morgan fingerprint density at radius 2 is 1.71 bits per heavy atom. The van der Waals surface area contributed by atoms with Crippen LogP contribution in [0.5, 0.6) is 0 Å². The molecule has 0 aliphatic heterocycles. The van der Waals surface area contributed by atoms with Crippen molar-refractivity contribution in [1.29, 1.82) is 0 Å². The highest BCUT2D eigenvalue weighted by molar-refractivity contribution is 7.88. The lowest BCUT2D eigenvalue weighted by atomic mass is 10.1. The van der Waals surface area contributed by atoms with Crippen LogP contribution in [-0.2, 0) is 22.0 Å². The Hall–Kier alpha value is -1.12. The molecular weight excluding hydrogens is 307 g/mol. The van der Waals surface area contributed by atoms with Gasteiger partial charge in [-0.3, -0.25) is 0 Å². The molecule has 0 aliphatic rings. The van der Waals surface area contributed by atoms with E-state index in [1.807, 2.05) is 0 Å². The smallest absolute Gasteiger partial charge is 0.389 e. The number of benzene rings is 1. The number of sulfonamides is 1. The molecule has 1 aromatic rings. The van der Waals surface area contributed by atoms with Crippen molar-refractivity contribution in [2.45, 2.75) is 31.4 Å². The van der Waals surface area contributed by atoms with E-state index < -0.39 is 33.1 Å². The highest BCUT2D eigenvalue weighted by Crippen LogP contribution is 2.32.